The summed E-state index contributed by atoms with van der Waals surface area (Å²) in [4.78, 5) is 18.6. The molecule has 12 heteroatoms. The van der Waals surface area contributed by atoms with E-state index in [2.05, 4.69) is 9.97 Å². The van der Waals surface area contributed by atoms with Crippen LogP contribution in [0.1, 0.15) is 31.9 Å². The molecule has 0 spiro atoms. The third-order valence-electron chi connectivity index (χ3n) is 6.41. The average Bonchev–Trinajstić information content (AvgIpc) is 3.20. The predicted molar refractivity (Wildman–Crippen MR) is 133 cm³/mol. The number of hydrogen-bond donors (Lipinski definition) is 1. The fourth-order valence-electron chi connectivity index (χ4n) is 4.46. The van der Waals surface area contributed by atoms with Crippen molar-refractivity contribution in [3.63, 3.8) is 0 Å². The monoisotopic (exact) mass is 510 g/mol. The normalized spacial score (nSPS) is 14.9. The Balaban J connectivity index is 1.85. The van der Waals surface area contributed by atoms with Crippen molar-refractivity contribution in [2.45, 2.75) is 30.9 Å². The lowest BCUT2D eigenvalue weighted by atomic mass is 9.82. The number of primary sulfonamides is 1. The van der Waals surface area contributed by atoms with E-state index in [9.17, 15) is 8.42 Å². The molecule has 11 nitrogen and oxygen atoms in total. The molecule has 3 aromatic heterocycles. The van der Waals surface area contributed by atoms with Gasteiger partial charge < -0.3 is 14.2 Å². The highest BCUT2D eigenvalue weighted by Crippen LogP contribution is 2.46. The van der Waals surface area contributed by atoms with Crippen LogP contribution in [0.25, 0.3) is 28.5 Å². The molecule has 5 rings (SSSR count). The van der Waals surface area contributed by atoms with E-state index in [4.69, 9.17) is 29.3 Å². The first-order valence-corrected chi connectivity index (χ1v) is 13.0. The Hall–Kier alpha value is -3.77. The van der Waals surface area contributed by atoms with Crippen molar-refractivity contribution in [1.29, 1.82) is 0 Å². The summed E-state index contributed by atoms with van der Waals surface area (Å²) < 4.78 is 42.5. The predicted octanol–water partition coefficient (Wildman–Crippen LogP) is 2.96. The molecule has 1 saturated carbocycles. The largest absolute Gasteiger partial charge is 0.494 e. The lowest BCUT2D eigenvalue weighted by Gasteiger charge is -2.38. The van der Waals surface area contributed by atoms with Gasteiger partial charge in [-0.15, -0.1) is 0 Å². The van der Waals surface area contributed by atoms with Gasteiger partial charge >= 0.3 is 0 Å². The van der Waals surface area contributed by atoms with Gasteiger partial charge in [-0.3, -0.25) is 4.57 Å². The van der Waals surface area contributed by atoms with Gasteiger partial charge in [-0.1, -0.05) is 12.1 Å². The molecule has 0 amide bonds. The van der Waals surface area contributed by atoms with E-state index in [0.717, 1.165) is 6.42 Å². The second-order valence-electron chi connectivity index (χ2n) is 8.37. The number of fused-ring (bicyclic) bond motifs is 1. The number of nitrogens with zero attached hydrogens (tertiary/aromatic N) is 5. The van der Waals surface area contributed by atoms with Crippen LogP contribution in [-0.4, -0.2) is 53.7 Å². The molecule has 1 aliphatic carbocycles. The number of hydrogen-bond acceptors (Lipinski definition) is 9. The van der Waals surface area contributed by atoms with E-state index >= 15 is 0 Å². The second-order valence-corrected chi connectivity index (χ2v) is 10.2. The maximum absolute atomic E-state index is 12.6. The van der Waals surface area contributed by atoms with E-state index in [1.807, 2.05) is 13.0 Å². The SMILES string of the molecule is CCOc1cccc(-c2nc3ncc(C4(S(N)(=O)=O)CCC4)nc3n2-c2c(OC)cccc2OC)n1. The number of imidazole rings is 1. The Morgan fingerprint density at radius 2 is 1.72 bits per heavy atom. The van der Waals surface area contributed by atoms with Gasteiger partial charge in [0, 0.05) is 6.07 Å². The van der Waals surface area contributed by atoms with Crippen LogP contribution in [0.2, 0.25) is 0 Å². The number of sulfonamides is 1. The smallest absolute Gasteiger partial charge is 0.220 e. The van der Waals surface area contributed by atoms with Gasteiger partial charge in [0.15, 0.2) is 17.1 Å². The highest BCUT2D eigenvalue weighted by molar-refractivity contribution is 7.90. The standard InChI is InChI=1S/C24H26N6O5S/c1-4-35-19-11-5-8-15(27-19)22-29-21-23(30(22)20-16(33-2)9-6-10-17(20)34-3)28-18(14-26-21)24(12-7-13-24)36(25,31)32/h5-6,8-11,14H,4,7,12-13H2,1-3H3,(H2,25,31,32). The molecule has 0 atom stereocenters. The zero-order valence-corrected chi connectivity index (χ0v) is 20.9. The van der Waals surface area contributed by atoms with Gasteiger partial charge in [0.2, 0.25) is 15.9 Å². The van der Waals surface area contributed by atoms with Crippen molar-refractivity contribution < 1.29 is 22.6 Å². The zero-order valence-electron chi connectivity index (χ0n) is 20.1. The van der Waals surface area contributed by atoms with Crippen LogP contribution in [-0.2, 0) is 14.8 Å². The van der Waals surface area contributed by atoms with Crippen LogP contribution in [0.15, 0.2) is 42.6 Å². The number of rotatable bonds is 8. The molecule has 4 aromatic rings. The van der Waals surface area contributed by atoms with Gasteiger partial charge in [-0.25, -0.2) is 33.5 Å². The molecule has 36 heavy (non-hydrogen) atoms. The lowest BCUT2D eigenvalue weighted by molar-refractivity contribution is 0.327. The van der Waals surface area contributed by atoms with Crippen LogP contribution in [0, 0.1) is 0 Å². The first-order valence-electron chi connectivity index (χ1n) is 11.4. The third-order valence-corrected chi connectivity index (χ3v) is 8.12. The lowest BCUT2D eigenvalue weighted by Crippen LogP contribution is -2.47. The van der Waals surface area contributed by atoms with E-state index < -0.39 is 14.8 Å². The summed E-state index contributed by atoms with van der Waals surface area (Å²) in [6, 6.07) is 10.7. The minimum Gasteiger partial charge on any atom is -0.494 e. The summed E-state index contributed by atoms with van der Waals surface area (Å²) in [5, 5.41) is 5.65. The maximum atomic E-state index is 12.6. The molecule has 188 valence electrons. The number of nitrogens with two attached hydrogens (primary N) is 1. The molecule has 2 N–H and O–H groups in total. The van der Waals surface area contributed by atoms with Crippen LogP contribution in [0.3, 0.4) is 0 Å². The van der Waals surface area contributed by atoms with Crippen LogP contribution in [0.5, 0.6) is 17.4 Å². The van der Waals surface area contributed by atoms with Gasteiger partial charge in [0.05, 0.1) is 32.7 Å². The quantitative estimate of drug-likeness (QED) is 0.378. The Labute approximate surface area is 208 Å². The highest BCUT2D eigenvalue weighted by atomic mass is 32.2. The van der Waals surface area contributed by atoms with Crippen molar-refractivity contribution in [2.24, 2.45) is 5.14 Å². The summed E-state index contributed by atoms with van der Waals surface area (Å²) in [5.74, 6) is 1.83. The fourth-order valence-corrected chi connectivity index (χ4v) is 5.71. The molecule has 3 heterocycles. The fraction of sp³-hybridized carbons (Fsp3) is 0.333. The minimum atomic E-state index is -3.92. The van der Waals surface area contributed by atoms with Crippen LogP contribution < -0.4 is 19.3 Å². The average molecular weight is 511 g/mol. The molecule has 0 unspecified atom stereocenters. The Morgan fingerprint density at radius 3 is 2.31 bits per heavy atom. The van der Waals surface area contributed by atoms with Crippen LogP contribution in [0.4, 0.5) is 0 Å². The Bertz CT molecular complexity index is 1530. The van der Waals surface area contributed by atoms with Gasteiger partial charge in [-0.2, -0.15) is 0 Å². The van der Waals surface area contributed by atoms with Gasteiger partial charge in [0.25, 0.3) is 0 Å². The number of para-hydroxylation sites is 1. The zero-order chi connectivity index (χ0) is 25.5. The van der Waals surface area contributed by atoms with E-state index in [0.29, 0.717) is 65.3 Å². The Morgan fingerprint density at radius 1 is 1.03 bits per heavy atom. The van der Waals surface area contributed by atoms with Crippen molar-refractivity contribution in [3.8, 4) is 34.6 Å². The third kappa shape index (κ3) is 3.73. The van der Waals surface area contributed by atoms with E-state index in [1.54, 1.807) is 49.1 Å². The first-order chi connectivity index (χ1) is 17.3. The van der Waals surface area contributed by atoms with Crippen molar-refractivity contribution in [1.82, 2.24) is 24.5 Å². The van der Waals surface area contributed by atoms with E-state index in [-0.39, 0.29) is 5.69 Å². The number of methoxy groups -OCH3 is 2. The molecule has 1 aliphatic rings. The summed E-state index contributed by atoms with van der Waals surface area (Å²) in [7, 11) is -0.824. The van der Waals surface area contributed by atoms with Crippen LogP contribution >= 0.6 is 0 Å². The minimum absolute atomic E-state index is 0.279. The molecule has 0 radical (unpaired) electrons. The number of aromatic nitrogens is 5. The number of ether oxygens (including phenoxy) is 3. The summed E-state index contributed by atoms with van der Waals surface area (Å²) in [5.41, 5.74) is 1.92. The van der Waals surface area contributed by atoms with Gasteiger partial charge in [-0.05, 0) is 44.4 Å². The van der Waals surface area contributed by atoms with Crippen molar-refractivity contribution in [2.75, 3.05) is 20.8 Å². The first kappa shape index (κ1) is 23.9. The van der Waals surface area contributed by atoms with Crippen molar-refractivity contribution in [3.05, 3.63) is 48.3 Å². The summed E-state index contributed by atoms with van der Waals surface area (Å²) in [6.45, 7) is 2.33. The number of benzene rings is 1. The Kier molecular flexibility index (Phi) is 6.00. The molecule has 0 saturated heterocycles. The van der Waals surface area contributed by atoms with Crippen molar-refractivity contribution >= 4 is 21.3 Å². The molecular formula is C24H26N6O5S. The molecular weight excluding hydrogens is 484 g/mol. The molecule has 1 fully saturated rings. The maximum Gasteiger partial charge on any atom is 0.220 e. The summed E-state index contributed by atoms with van der Waals surface area (Å²) >= 11 is 0. The summed E-state index contributed by atoms with van der Waals surface area (Å²) in [6.07, 6.45) is 2.93. The number of pyridine rings is 1. The molecule has 0 aliphatic heterocycles. The topological polar surface area (TPSA) is 144 Å². The second kappa shape index (κ2) is 9.03. The molecule has 1 aromatic carbocycles. The molecule has 0 bridgehead atoms. The van der Waals surface area contributed by atoms with Gasteiger partial charge in [0.1, 0.15) is 27.6 Å². The van der Waals surface area contributed by atoms with E-state index in [1.165, 1.54) is 6.20 Å². The highest BCUT2D eigenvalue weighted by Gasteiger charge is 2.50.